The van der Waals surface area contributed by atoms with E-state index in [-0.39, 0.29) is 0 Å². The van der Waals surface area contributed by atoms with Crippen LogP contribution in [0.15, 0.2) is 29.1 Å². The van der Waals surface area contributed by atoms with E-state index >= 15 is 0 Å². The standard InChI is InChI=1S/C8H6P/c1-6-5-7-3-2-4-8(7)9-6/h2-4H,1H3. The van der Waals surface area contributed by atoms with Crippen molar-refractivity contribution >= 4 is 13.5 Å². The fourth-order valence-corrected chi connectivity index (χ4v) is 1.97. The SMILES string of the molecule is CC1=[C]C2=CC=CC2=P1. The largest absolute Gasteiger partial charge is 0.0639 e. The molecule has 0 bridgehead atoms. The molecule has 0 nitrogen and oxygen atoms in total. The van der Waals surface area contributed by atoms with Crippen LogP contribution in [0.5, 0.6) is 0 Å². The van der Waals surface area contributed by atoms with Crippen molar-refractivity contribution in [2.45, 2.75) is 6.92 Å². The lowest BCUT2D eigenvalue weighted by Crippen LogP contribution is -1.82. The van der Waals surface area contributed by atoms with Crippen molar-refractivity contribution in [2.75, 3.05) is 0 Å². The van der Waals surface area contributed by atoms with Gasteiger partial charge in [-0.05, 0) is 30.0 Å². The summed E-state index contributed by atoms with van der Waals surface area (Å²) in [5.41, 5.74) is 1.29. The van der Waals surface area contributed by atoms with Crippen molar-refractivity contribution in [1.82, 2.24) is 0 Å². The average molecular weight is 133 g/mol. The van der Waals surface area contributed by atoms with Crippen LogP contribution in [0, 0.1) is 6.08 Å². The molecule has 1 heterocycles. The van der Waals surface area contributed by atoms with E-state index in [2.05, 4.69) is 31.2 Å². The molecule has 43 valence electrons. The summed E-state index contributed by atoms with van der Waals surface area (Å²) in [6.07, 6.45) is 9.63. The summed E-state index contributed by atoms with van der Waals surface area (Å²) >= 11 is 0. The van der Waals surface area contributed by atoms with Crippen LogP contribution in [-0.4, -0.2) is 5.29 Å². The number of allylic oxidation sites excluding steroid dienone is 6. The molecule has 0 saturated heterocycles. The monoisotopic (exact) mass is 133 g/mol. The van der Waals surface area contributed by atoms with E-state index in [1.54, 1.807) is 0 Å². The topological polar surface area (TPSA) is 0 Å². The summed E-state index contributed by atoms with van der Waals surface area (Å²) in [6.45, 7) is 2.11. The van der Waals surface area contributed by atoms with Crippen molar-refractivity contribution in [2.24, 2.45) is 0 Å². The van der Waals surface area contributed by atoms with Crippen LogP contribution >= 0.6 is 8.20 Å². The smallest absolute Gasteiger partial charge is 0.00994 e. The Balaban J connectivity index is 2.53. The molecule has 0 amide bonds. The Hall–Kier alpha value is -0.610. The average Bonchev–Trinajstić information content (AvgIpc) is 2.22. The molecular formula is C8H6P. The fourth-order valence-electron chi connectivity index (χ4n) is 1.02. The molecule has 0 aromatic rings. The molecule has 0 unspecified atom stereocenters. The van der Waals surface area contributed by atoms with Gasteiger partial charge >= 0.3 is 0 Å². The molecule has 0 spiro atoms. The molecule has 1 heteroatoms. The van der Waals surface area contributed by atoms with Crippen LogP contribution in [0.25, 0.3) is 0 Å². The van der Waals surface area contributed by atoms with Gasteiger partial charge in [0.25, 0.3) is 0 Å². The van der Waals surface area contributed by atoms with Crippen LogP contribution in [0.4, 0.5) is 0 Å². The zero-order chi connectivity index (χ0) is 6.27. The normalized spacial score (nSPS) is 23.0. The van der Waals surface area contributed by atoms with Gasteiger partial charge in [0.05, 0.1) is 0 Å². The van der Waals surface area contributed by atoms with Crippen LogP contribution in [0.1, 0.15) is 6.92 Å². The van der Waals surface area contributed by atoms with E-state index < -0.39 is 0 Å². The second-order valence-corrected chi connectivity index (χ2v) is 3.52. The Labute approximate surface area is 56.4 Å². The number of fused-ring (bicyclic) bond motifs is 1. The maximum absolute atomic E-state index is 3.28. The highest BCUT2D eigenvalue weighted by atomic mass is 31.1. The van der Waals surface area contributed by atoms with Crippen molar-refractivity contribution in [3.8, 4) is 0 Å². The summed E-state index contributed by atoms with van der Waals surface area (Å²) in [6, 6.07) is 0. The van der Waals surface area contributed by atoms with Gasteiger partial charge in [0, 0.05) is 5.29 Å². The second-order valence-electron chi connectivity index (χ2n) is 2.15. The summed E-state index contributed by atoms with van der Waals surface area (Å²) in [4.78, 5) is 0. The first-order valence-electron chi connectivity index (χ1n) is 2.94. The summed E-state index contributed by atoms with van der Waals surface area (Å²) in [7, 11) is 1.34. The zero-order valence-electron chi connectivity index (χ0n) is 5.18. The molecule has 1 aliphatic heterocycles. The summed E-state index contributed by atoms with van der Waals surface area (Å²) < 4.78 is 0. The first kappa shape index (κ1) is 5.20. The van der Waals surface area contributed by atoms with Crippen LogP contribution in [0.2, 0.25) is 0 Å². The molecule has 9 heavy (non-hydrogen) atoms. The van der Waals surface area contributed by atoms with Gasteiger partial charge in [-0.25, -0.2) is 0 Å². The van der Waals surface area contributed by atoms with Crippen molar-refractivity contribution < 1.29 is 0 Å². The highest BCUT2D eigenvalue weighted by molar-refractivity contribution is 7.47. The molecule has 2 rings (SSSR count). The van der Waals surface area contributed by atoms with Crippen LogP contribution in [0.3, 0.4) is 0 Å². The molecule has 0 N–H and O–H groups in total. The second kappa shape index (κ2) is 1.68. The highest BCUT2D eigenvalue weighted by Crippen LogP contribution is 2.30. The first-order chi connectivity index (χ1) is 4.36. The van der Waals surface area contributed by atoms with Gasteiger partial charge < -0.3 is 0 Å². The van der Waals surface area contributed by atoms with E-state index in [1.807, 2.05) is 0 Å². The van der Waals surface area contributed by atoms with Crippen LogP contribution in [-0.2, 0) is 0 Å². The zero-order valence-corrected chi connectivity index (χ0v) is 6.07. The van der Waals surface area contributed by atoms with Crippen molar-refractivity contribution in [3.63, 3.8) is 0 Å². The lowest BCUT2D eigenvalue weighted by molar-refractivity contribution is 1.62. The molecule has 0 saturated carbocycles. The molecule has 2 aliphatic rings. The molecule has 1 aliphatic carbocycles. The Morgan fingerprint density at radius 3 is 3.22 bits per heavy atom. The third kappa shape index (κ3) is 0.710. The lowest BCUT2D eigenvalue weighted by atomic mass is 10.2. The molecule has 0 atom stereocenters. The van der Waals surface area contributed by atoms with Crippen molar-refractivity contribution in [1.29, 1.82) is 0 Å². The fraction of sp³-hybridized carbons (Fsp3) is 0.125. The third-order valence-electron chi connectivity index (χ3n) is 1.40. The number of hydrogen-bond acceptors (Lipinski definition) is 0. The van der Waals surface area contributed by atoms with Gasteiger partial charge in [-0.15, -0.1) is 0 Å². The predicted molar refractivity (Wildman–Crippen MR) is 41.6 cm³/mol. The van der Waals surface area contributed by atoms with E-state index in [9.17, 15) is 0 Å². The molecular weight excluding hydrogens is 127 g/mol. The van der Waals surface area contributed by atoms with Gasteiger partial charge in [-0.1, -0.05) is 20.4 Å². The van der Waals surface area contributed by atoms with E-state index in [4.69, 9.17) is 0 Å². The Morgan fingerprint density at radius 2 is 2.44 bits per heavy atom. The summed E-state index contributed by atoms with van der Waals surface area (Å²) in [5.74, 6) is 0. The van der Waals surface area contributed by atoms with Gasteiger partial charge in [0.2, 0.25) is 0 Å². The Bertz CT molecular complexity index is 264. The highest BCUT2D eigenvalue weighted by Gasteiger charge is 2.10. The maximum atomic E-state index is 3.28. The maximum Gasteiger partial charge on any atom is 0.00994 e. The lowest BCUT2D eigenvalue weighted by Gasteiger charge is -1.83. The number of rotatable bonds is 0. The van der Waals surface area contributed by atoms with E-state index in [0.717, 1.165) is 0 Å². The third-order valence-corrected chi connectivity index (χ3v) is 2.47. The minimum Gasteiger partial charge on any atom is -0.0639 e. The quantitative estimate of drug-likeness (QED) is 0.445. The Kier molecular flexibility index (Phi) is 0.972. The number of hydrogen-bond donors (Lipinski definition) is 0. The van der Waals surface area contributed by atoms with Crippen LogP contribution < -0.4 is 0 Å². The predicted octanol–water partition coefficient (Wildman–Crippen LogP) is 2.32. The van der Waals surface area contributed by atoms with Gasteiger partial charge in [0.15, 0.2) is 0 Å². The van der Waals surface area contributed by atoms with E-state index in [0.29, 0.717) is 0 Å². The van der Waals surface area contributed by atoms with Gasteiger partial charge in [-0.3, -0.25) is 0 Å². The minimum absolute atomic E-state index is 1.29. The molecule has 0 aromatic heterocycles. The Morgan fingerprint density at radius 1 is 1.56 bits per heavy atom. The molecule has 0 aromatic carbocycles. The first-order valence-corrected chi connectivity index (χ1v) is 3.84. The van der Waals surface area contributed by atoms with Crippen molar-refractivity contribution in [3.05, 3.63) is 35.2 Å². The van der Waals surface area contributed by atoms with Gasteiger partial charge in [-0.2, -0.15) is 0 Å². The molecule has 0 fully saturated rings. The van der Waals surface area contributed by atoms with Gasteiger partial charge in [0.1, 0.15) is 0 Å². The summed E-state index contributed by atoms with van der Waals surface area (Å²) in [5, 5.41) is 2.74. The minimum atomic E-state index is 1.29. The van der Waals surface area contributed by atoms with E-state index in [1.165, 1.54) is 24.4 Å². The molecule has 1 radical (unpaired) electrons.